The van der Waals surface area contributed by atoms with E-state index in [0.29, 0.717) is 5.69 Å². The minimum absolute atomic E-state index is 0.115. The molecule has 0 aliphatic carbocycles. The molecule has 22 heavy (non-hydrogen) atoms. The van der Waals surface area contributed by atoms with Crippen molar-refractivity contribution in [3.05, 3.63) is 48.3 Å². The monoisotopic (exact) mass is 331 g/mol. The van der Waals surface area contributed by atoms with Crippen molar-refractivity contribution >= 4 is 27.1 Å². The van der Waals surface area contributed by atoms with E-state index in [1.165, 1.54) is 17.1 Å². The third-order valence-corrected chi connectivity index (χ3v) is 3.88. The van der Waals surface area contributed by atoms with Crippen LogP contribution in [-0.4, -0.2) is 18.9 Å². The number of benzene rings is 1. The van der Waals surface area contributed by atoms with Gasteiger partial charge in [-0.1, -0.05) is 18.2 Å². The van der Waals surface area contributed by atoms with Crippen LogP contribution in [0.15, 0.2) is 42.7 Å². The average Bonchev–Trinajstić information content (AvgIpc) is 2.42. The van der Waals surface area contributed by atoms with Gasteiger partial charge >= 0.3 is 15.5 Å². The van der Waals surface area contributed by atoms with Crippen LogP contribution in [0.5, 0.6) is 0 Å². The van der Waals surface area contributed by atoms with E-state index in [2.05, 4.69) is 10.3 Å². The van der Waals surface area contributed by atoms with Gasteiger partial charge in [0.05, 0.1) is 17.6 Å². The third-order valence-electron chi connectivity index (χ3n) is 2.78. The first kappa shape index (κ1) is 16.1. The summed E-state index contributed by atoms with van der Waals surface area (Å²) in [7, 11) is -5.49. The maximum absolute atomic E-state index is 12.5. The second kappa shape index (κ2) is 5.84. The zero-order chi connectivity index (χ0) is 16.4. The molecule has 0 fully saturated rings. The van der Waals surface area contributed by atoms with Gasteiger partial charge in [-0.05, 0) is 24.6 Å². The Morgan fingerprint density at radius 3 is 2.36 bits per heavy atom. The summed E-state index contributed by atoms with van der Waals surface area (Å²) in [6, 6.07) is 8.20. The molecule has 0 saturated carbocycles. The van der Waals surface area contributed by atoms with Gasteiger partial charge in [-0.3, -0.25) is 9.71 Å². The van der Waals surface area contributed by atoms with Gasteiger partial charge in [0.25, 0.3) is 0 Å². The number of pyridine rings is 1. The van der Waals surface area contributed by atoms with Crippen molar-refractivity contribution in [2.45, 2.75) is 12.4 Å². The zero-order valence-electron chi connectivity index (χ0n) is 11.3. The third kappa shape index (κ3) is 3.48. The number of halogens is 3. The molecule has 0 saturated heterocycles. The number of hydrogen-bond donors (Lipinski definition) is 2. The van der Waals surface area contributed by atoms with Crippen LogP contribution in [-0.2, 0) is 10.0 Å². The number of para-hydroxylation sites is 1. The fourth-order valence-electron chi connectivity index (χ4n) is 1.64. The maximum atomic E-state index is 12.5. The van der Waals surface area contributed by atoms with Gasteiger partial charge < -0.3 is 5.32 Å². The number of sulfonamides is 1. The minimum atomic E-state index is -5.49. The topological polar surface area (TPSA) is 71.1 Å². The largest absolute Gasteiger partial charge is 0.516 e. The number of nitrogens with zero attached hydrogens (tertiary/aromatic N) is 1. The van der Waals surface area contributed by atoms with Gasteiger partial charge in [0.2, 0.25) is 0 Å². The van der Waals surface area contributed by atoms with Gasteiger partial charge in [0.15, 0.2) is 0 Å². The van der Waals surface area contributed by atoms with Gasteiger partial charge in [-0.2, -0.15) is 21.6 Å². The fraction of sp³-hybridized carbons (Fsp3) is 0.154. The van der Waals surface area contributed by atoms with E-state index >= 15 is 0 Å². The van der Waals surface area contributed by atoms with E-state index in [4.69, 9.17) is 0 Å². The maximum Gasteiger partial charge on any atom is 0.516 e. The van der Waals surface area contributed by atoms with E-state index in [-0.39, 0.29) is 11.4 Å². The minimum Gasteiger partial charge on any atom is -0.352 e. The lowest BCUT2D eigenvalue weighted by atomic mass is 10.2. The summed E-state index contributed by atoms with van der Waals surface area (Å²) in [4.78, 5) is 3.78. The summed E-state index contributed by atoms with van der Waals surface area (Å²) >= 11 is 0. The van der Waals surface area contributed by atoms with Gasteiger partial charge in [0, 0.05) is 11.9 Å². The number of aryl methyl sites for hydroxylation is 1. The van der Waals surface area contributed by atoms with Crippen LogP contribution < -0.4 is 10.0 Å². The Labute approximate surface area is 125 Å². The Morgan fingerprint density at radius 2 is 1.73 bits per heavy atom. The average molecular weight is 331 g/mol. The predicted molar refractivity (Wildman–Crippen MR) is 77.3 cm³/mol. The van der Waals surface area contributed by atoms with E-state index in [0.717, 1.165) is 11.6 Å². The van der Waals surface area contributed by atoms with Gasteiger partial charge in [0.1, 0.15) is 0 Å². The number of aromatic nitrogens is 1. The van der Waals surface area contributed by atoms with Gasteiger partial charge in [-0.25, -0.2) is 0 Å². The molecule has 0 amide bonds. The lowest BCUT2D eigenvalue weighted by molar-refractivity contribution is -0.0429. The molecule has 0 aliphatic rings. The van der Waals surface area contributed by atoms with Crippen molar-refractivity contribution in [2.24, 2.45) is 0 Å². The Balaban J connectivity index is 2.34. The lowest BCUT2D eigenvalue weighted by Crippen LogP contribution is -2.30. The molecule has 9 heteroatoms. The molecular formula is C13H12F3N3O2S. The smallest absolute Gasteiger partial charge is 0.352 e. The van der Waals surface area contributed by atoms with Crippen molar-refractivity contribution in [2.75, 3.05) is 10.0 Å². The number of anilines is 3. The normalized spacial score (nSPS) is 12.0. The second-order valence-electron chi connectivity index (χ2n) is 4.41. The highest BCUT2D eigenvalue weighted by atomic mass is 32.2. The van der Waals surface area contributed by atoms with Crippen molar-refractivity contribution in [3.63, 3.8) is 0 Å². The summed E-state index contributed by atoms with van der Waals surface area (Å²) < 4.78 is 61.3. The summed E-state index contributed by atoms with van der Waals surface area (Å²) in [5.74, 6) is 0. The zero-order valence-corrected chi connectivity index (χ0v) is 12.2. The summed E-state index contributed by atoms with van der Waals surface area (Å²) in [6.45, 7) is 1.80. The van der Waals surface area contributed by atoms with Crippen molar-refractivity contribution in [3.8, 4) is 0 Å². The highest BCUT2D eigenvalue weighted by molar-refractivity contribution is 7.93. The molecule has 2 aromatic rings. The van der Waals surface area contributed by atoms with Crippen LogP contribution in [0.4, 0.5) is 30.2 Å². The number of nitrogens with one attached hydrogen (secondary N) is 2. The first-order valence-corrected chi connectivity index (χ1v) is 7.55. The second-order valence-corrected chi connectivity index (χ2v) is 6.09. The first-order valence-electron chi connectivity index (χ1n) is 6.06. The molecule has 0 unspecified atom stereocenters. The van der Waals surface area contributed by atoms with Crippen molar-refractivity contribution < 1.29 is 21.6 Å². The number of rotatable bonds is 4. The molecule has 0 aliphatic heterocycles. The molecule has 0 spiro atoms. The van der Waals surface area contributed by atoms with Crippen LogP contribution >= 0.6 is 0 Å². The molecule has 2 N–H and O–H groups in total. The summed E-state index contributed by atoms with van der Waals surface area (Å²) in [6.07, 6.45) is 2.43. The SMILES string of the molecule is Cc1ccccc1Nc1cnccc1NS(=O)(=O)C(F)(F)F. The molecule has 0 radical (unpaired) electrons. The molecule has 1 aromatic heterocycles. The Hall–Kier alpha value is -2.29. The molecule has 0 atom stereocenters. The standard InChI is InChI=1S/C13H12F3N3O2S/c1-9-4-2-3-5-10(9)18-12-8-17-7-6-11(12)19-22(20,21)13(14,15)16/h2-8,18H,1H3,(H,17,19). The molecule has 2 rings (SSSR count). The fourth-order valence-corrected chi connectivity index (χ4v) is 2.23. The van der Waals surface area contributed by atoms with E-state index < -0.39 is 15.5 Å². The number of alkyl halides is 3. The molecule has 0 bridgehead atoms. The Morgan fingerprint density at radius 1 is 1.05 bits per heavy atom. The lowest BCUT2D eigenvalue weighted by Gasteiger charge is -2.15. The van der Waals surface area contributed by atoms with Crippen LogP contribution in [0.3, 0.4) is 0 Å². The van der Waals surface area contributed by atoms with Crippen LogP contribution in [0.1, 0.15) is 5.56 Å². The Bertz CT molecular complexity index is 776. The van der Waals surface area contributed by atoms with Crippen LogP contribution in [0.2, 0.25) is 0 Å². The van der Waals surface area contributed by atoms with Crippen LogP contribution in [0, 0.1) is 6.92 Å². The number of hydrogen-bond acceptors (Lipinski definition) is 4. The highest BCUT2D eigenvalue weighted by Crippen LogP contribution is 2.30. The first-order chi connectivity index (χ1) is 10.2. The van der Waals surface area contributed by atoms with Crippen molar-refractivity contribution in [1.82, 2.24) is 4.98 Å². The van der Waals surface area contributed by atoms with Gasteiger partial charge in [-0.15, -0.1) is 0 Å². The van der Waals surface area contributed by atoms with Crippen LogP contribution in [0.25, 0.3) is 0 Å². The quantitative estimate of drug-likeness (QED) is 0.901. The van der Waals surface area contributed by atoms with E-state index in [9.17, 15) is 21.6 Å². The molecule has 118 valence electrons. The summed E-state index contributed by atoms with van der Waals surface area (Å²) in [5, 5.41) is 2.86. The highest BCUT2D eigenvalue weighted by Gasteiger charge is 2.46. The molecular weight excluding hydrogens is 319 g/mol. The summed E-state index contributed by atoms with van der Waals surface area (Å²) in [5.41, 5.74) is -4.05. The van der Waals surface area contributed by atoms with E-state index in [1.807, 2.05) is 0 Å². The molecule has 5 nitrogen and oxygen atoms in total. The molecule has 1 heterocycles. The Kier molecular flexibility index (Phi) is 4.27. The predicted octanol–water partition coefficient (Wildman–Crippen LogP) is 3.40. The van der Waals surface area contributed by atoms with E-state index in [1.54, 1.807) is 31.2 Å². The molecule has 1 aromatic carbocycles. The van der Waals surface area contributed by atoms with Crippen molar-refractivity contribution in [1.29, 1.82) is 0 Å².